The number of nitrogens with two attached hydrogens (primary N) is 1. The van der Waals surface area contributed by atoms with E-state index >= 15 is 0 Å². The highest BCUT2D eigenvalue weighted by atomic mass is 19.1. The van der Waals surface area contributed by atoms with E-state index in [0.717, 1.165) is 12.1 Å². The summed E-state index contributed by atoms with van der Waals surface area (Å²) < 4.78 is 26.0. The van der Waals surface area contributed by atoms with Crippen molar-refractivity contribution in [2.45, 2.75) is 13.0 Å². The van der Waals surface area contributed by atoms with Gasteiger partial charge in [0.15, 0.2) is 0 Å². The zero-order valence-corrected chi connectivity index (χ0v) is 9.91. The minimum Gasteiger partial charge on any atom is -0.384 e. The molecule has 0 saturated heterocycles. The van der Waals surface area contributed by atoms with E-state index in [4.69, 9.17) is 5.73 Å². The van der Waals surface area contributed by atoms with Gasteiger partial charge in [0.1, 0.15) is 17.5 Å². The Morgan fingerprint density at radius 1 is 1.37 bits per heavy atom. The Morgan fingerprint density at radius 2 is 2.16 bits per heavy atom. The van der Waals surface area contributed by atoms with Gasteiger partial charge in [-0.05, 0) is 11.6 Å². The number of aromatic amines is 1. The normalized spacial score (nSPS) is 10.4. The second-order valence-electron chi connectivity index (χ2n) is 4.00. The van der Waals surface area contributed by atoms with Crippen LogP contribution < -0.4 is 11.1 Å². The number of benzene rings is 1. The summed E-state index contributed by atoms with van der Waals surface area (Å²) in [5.41, 5.74) is 6.33. The quantitative estimate of drug-likeness (QED) is 0.775. The van der Waals surface area contributed by atoms with Gasteiger partial charge in [-0.15, -0.1) is 0 Å². The lowest BCUT2D eigenvalue weighted by atomic mass is 10.1. The molecule has 100 valence electrons. The molecule has 19 heavy (non-hydrogen) atoms. The number of aromatic nitrogens is 2. The number of carbonyl (C=O) groups excluding carboxylic acids is 1. The van der Waals surface area contributed by atoms with E-state index in [1.807, 2.05) is 0 Å². The molecule has 0 radical (unpaired) electrons. The van der Waals surface area contributed by atoms with Gasteiger partial charge in [0.2, 0.25) is 5.91 Å². The lowest BCUT2D eigenvalue weighted by Gasteiger charge is -2.05. The standard InChI is InChI=1S/C12H12F2N4O/c13-9-2-1-7(10(14)4-9)3-11(19)16-5-8-6-17-18-12(8)15/h1-2,4,6H,3,5H2,(H,16,19)(H3,15,17,18). The second-order valence-corrected chi connectivity index (χ2v) is 4.00. The fourth-order valence-corrected chi connectivity index (χ4v) is 1.56. The predicted octanol–water partition coefficient (Wildman–Crippen LogP) is 1.13. The Hall–Kier alpha value is -2.44. The van der Waals surface area contributed by atoms with Crippen LogP contribution in [0.2, 0.25) is 0 Å². The lowest BCUT2D eigenvalue weighted by molar-refractivity contribution is -0.120. The fraction of sp³-hybridized carbons (Fsp3) is 0.167. The van der Waals surface area contributed by atoms with Crippen LogP contribution in [0.1, 0.15) is 11.1 Å². The average Bonchev–Trinajstić information content (AvgIpc) is 2.76. The summed E-state index contributed by atoms with van der Waals surface area (Å²) in [7, 11) is 0. The summed E-state index contributed by atoms with van der Waals surface area (Å²) in [5, 5.41) is 8.81. The number of H-pyrrole nitrogens is 1. The van der Waals surface area contributed by atoms with E-state index in [9.17, 15) is 13.6 Å². The van der Waals surface area contributed by atoms with E-state index in [1.165, 1.54) is 12.3 Å². The molecule has 7 heteroatoms. The van der Waals surface area contributed by atoms with Crippen LogP contribution in [0.4, 0.5) is 14.6 Å². The first kappa shape index (κ1) is 13.0. The Labute approximate surface area is 107 Å². The molecule has 0 atom stereocenters. The zero-order valence-electron chi connectivity index (χ0n) is 9.91. The molecule has 0 spiro atoms. The summed E-state index contributed by atoms with van der Waals surface area (Å²) in [4.78, 5) is 11.6. The highest BCUT2D eigenvalue weighted by Crippen LogP contribution is 2.10. The van der Waals surface area contributed by atoms with Gasteiger partial charge in [0.25, 0.3) is 0 Å². The Bertz CT molecular complexity index is 597. The molecule has 2 rings (SSSR count). The molecule has 5 nitrogen and oxygen atoms in total. The third kappa shape index (κ3) is 3.27. The largest absolute Gasteiger partial charge is 0.384 e. The maximum Gasteiger partial charge on any atom is 0.224 e. The summed E-state index contributed by atoms with van der Waals surface area (Å²) in [6.07, 6.45) is 1.33. The van der Waals surface area contributed by atoms with Crippen molar-refractivity contribution < 1.29 is 13.6 Å². The minimum absolute atomic E-state index is 0.138. The number of nitrogens with zero attached hydrogens (tertiary/aromatic N) is 1. The van der Waals surface area contributed by atoms with Gasteiger partial charge in [0, 0.05) is 18.2 Å². The molecule has 1 heterocycles. The van der Waals surface area contributed by atoms with Crippen molar-refractivity contribution in [1.82, 2.24) is 15.5 Å². The van der Waals surface area contributed by atoms with Gasteiger partial charge in [-0.1, -0.05) is 6.07 Å². The second kappa shape index (κ2) is 5.47. The molecule has 0 saturated carbocycles. The molecule has 0 aliphatic carbocycles. The zero-order chi connectivity index (χ0) is 13.8. The number of halogens is 2. The van der Waals surface area contributed by atoms with E-state index in [-0.39, 0.29) is 24.4 Å². The molecular formula is C12H12F2N4O. The predicted molar refractivity (Wildman–Crippen MR) is 64.9 cm³/mol. The molecule has 0 bridgehead atoms. The topological polar surface area (TPSA) is 83.8 Å². The maximum atomic E-state index is 13.3. The smallest absolute Gasteiger partial charge is 0.224 e. The number of rotatable bonds is 4. The van der Waals surface area contributed by atoms with Crippen molar-refractivity contribution in [2.75, 3.05) is 5.73 Å². The summed E-state index contributed by atoms with van der Waals surface area (Å²) in [6.45, 7) is 0.198. The number of hydrogen-bond acceptors (Lipinski definition) is 3. The highest BCUT2D eigenvalue weighted by molar-refractivity contribution is 5.78. The number of amides is 1. The van der Waals surface area contributed by atoms with Gasteiger partial charge >= 0.3 is 0 Å². The molecule has 1 aromatic carbocycles. The number of carbonyl (C=O) groups is 1. The van der Waals surface area contributed by atoms with Gasteiger partial charge in [-0.3, -0.25) is 9.89 Å². The fourth-order valence-electron chi connectivity index (χ4n) is 1.56. The summed E-state index contributed by atoms with van der Waals surface area (Å²) >= 11 is 0. The van der Waals surface area contributed by atoms with Crippen molar-refractivity contribution in [2.24, 2.45) is 0 Å². The number of nitrogens with one attached hydrogen (secondary N) is 2. The van der Waals surface area contributed by atoms with Crippen LogP contribution in [0.15, 0.2) is 24.4 Å². The van der Waals surface area contributed by atoms with E-state index in [2.05, 4.69) is 15.5 Å². The highest BCUT2D eigenvalue weighted by Gasteiger charge is 2.10. The van der Waals surface area contributed by atoms with Gasteiger partial charge in [-0.2, -0.15) is 5.10 Å². The molecule has 1 aromatic heterocycles. The third-order valence-electron chi connectivity index (χ3n) is 2.59. The van der Waals surface area contributed by atoms with Crippen LogP contribution in [0.5, 0.6) is 0 Å². The molecule has 0 aliphatic rings. The Balaban J connectivity index is 1.93. The van der Waals surface area contributed by atoms with Crippen LogP contribution in [0.3, 0.4) is 0 Å². The minimum atomic E-state index is -0.738. The molecular weight excluding hydrogens is 254 g/mol. The van der Waals surface area contributed by atoms with Crippen LogP contribution in [0.25, 0.3) is 0 Å². The van der Waals surface area contributed by atoms with Crippen LogP contribution in [-0.2, 0) is 17.8 Å². The van der Waals surface area contributed by atoms with Crippen LogP contribution in [-0.4, -0.2) is 16.1 Å². The number of hydrogen-bond donors (Lipinski definition) is 3. The summed E-state index contributed by atoms with van der Waals surface area (Å²) in [5.74, 6) is -1.43. The average molecular weight is 266 g/mol. The van der Waals surface area contributed by atoms with Crippen LogP contribution >= 0.6 is 0 Å². The van der Waals surface area contributed by atoms with Crippen LogP contribution in [0, 0.1) is 11.6 Å². The number of nitrogen functional groups attached to an aromatic ring is 1. The SMILES string of the molecule is Nc1[nH]ncc1CNC(=O)Cc1ccc(F)cc1F. The van der Waals surface area contributed by atoms with Crippen molar-refractivity contribution >= 4 is 11.7 Å². The molecule has 0 unspecified atom stereocenters. The van der Waals surface area contributed by atoms with Crippen molar-refractivity contribution in [3.63, 3.8) is 0 Å². The number of anilines is 1. The first-order valence-electron chi connectivity index (χ1n) is 5.54. The van der Waals surface area contributed by atoms with Crippen molar-refractivity contribution in [1.29, 1.82) is 0 Å². The van der Waals surface area contributed by atoms with E-state index < -0.39 is 11.6 Å². The monoisotopic (exact) mass is 266 g/mol. The maximum absolute atomic E-state index is 13.3. The first-order valence-corrected chi connectivity index (χ1v) is 5.54. The third-order valence-corrected chi connectivity index (χ3v) is 2.59. The van der Waals surface area contributed by atoms with Gasteiger partial charge in [-0.25, -0.2) is 8.78 Å². The lowest BCUT2D eigenvalue weighted by Crippen LogP contribution is -2.25. The van der Waals surface area contributed by atoms with Crippen molar-refractivity contribution in [3.05, 3.63) is 47.2 Å². The first-order chi connectivity index (χ1) is 9.06. The molecule has 1 amide bonds. The summed E-state index contributed by atoms with van der Waals surface area (Å²) in [6, 6.07) is 3.10. The molecule has 2 aromatic rings. The van der Waals surface area contributed by atoms with E-state index in [0.29, 0.717) is 11.4 Å². The van der Waals surface area contributed by atoms with E-state index in [1.54, 1.807) is 0 Å². The van der Waals surface area contributed by atoms with Crippen molar-refractivity contribution in [3.8, 4) is 0 Å². The van der Waals surface area contributed by atoms with Gasteiger partial charge in [0.05, 0.1) is 12.6 Å². The van der Waals surface area contributed by atoms with Gasteiger partial charge < -0.3 is 11.1 Å². The Kier molecular flexibility index (Phi) is 3.74. The molecule has 0 fully saturated rings. The molecule has 0 aliphatic heterocycles. The molecule has 4 N–H and O–H groups in total. The Morgan fingerprint density at radius 3 is 2.79 bits per heavy atom.